The minimum Gasteiger partial charge on any atom is -0.445 e. The van der Waals surface area contributed by atoms with Crippen molar-refractivity contribution >= 4 is 23.1 Å². The van der Waals surface area contributed by atoms with Crippen molar-refractivity contribution in [3.05, 3.63) is 52.8 Å². The molecule has 6 nitrogen and oxygen atoms in total. The molecule has 1 aromatic carbocycles. The lowest BCUT2D eigenvalue weighted by Gasteiger charge is -2.11. The lowest BCUT2D eigenvalue weighted by molar-refractivity contribution is 0.251. The number of benzene rings is 1. The Morgan fingerprint density at radius 3 is 2.96 bits per heavy atom. The average Bonchev–Trinajstić information content (AvgIpc) is 3.24. The molecule has 1 atom stereocenters. The fourth-order valence-electron chi connectivity index (χ4n) is 2.20. The van der Waals surface area contributed by atoms with E-state index in [1.165, 1.54) is 11.1 Å². The smallest absolute Gasteiger partial charge is 0.319 e. The van der Waals surface area contributed by atoms with Crippen molar-refractivity contribution < 1.29 is 9.21 Å². The minimum atomic E-state index is -0.250. The highest BCUT2D eigenvalue weighted by atomic mass is 32.1. The van der Waals surface area contributed by atoms with Gasteiger partial charge in [0.05, 0.1) is 11.2 Å². The van der Waals surface area contributed by atoms with Gasteiger partial charge in [0.15, 0.2) is 0 Å². The van der Waals surface area contributed by atoms with Gasteiger partial charge in [-0.25, -0.2) is 14.8 Å². The summed E-state index contributed by atoms with van der Waals surface area (Å²) in [5.74, 6) is 0.694. The van der Waals surface area contributed by atoms with E-state index in [0.717, 1.165) is 10.6 Å². The zero-order valence-electron chi connectivity index (χ0n) is 13.4. The quantitative estimate of drug-likeness (QED) is 0.733. The lowest BCUT2D eigenvalue weighted by Crippen LogP contribution is -2.31. The van der Waals surface area contributed by atoms with Crippen LogP contribution in [0.2, 0.25) is 0 Å². The number of amides is 2. The van der Waals surface area contributed by atoms with Gasteiger partial charge in [0.25, 0.3) is 0 Å². The molecular formula is C17H18N4O2S. The summed E-state index contributed by atoms with van der Waals surface area (Å²) in [6.45, 7) is 4.59. The van der Waals surface area contributed by atoms with Crippen LogP contribution in [0.4, 0.5) is 10.5 Å². The summed E-state index contributed by atoms with van der Waals surface area (Å²) in [6.07, 6.45) is 4.96. The summed E-state index contributed by atoms with van der Waals surface area (Å²) in [6, 6.07) is 7.11. The first-order valence-corrected chi connectivity index (χ1v) is 8.40. The second-order valence-corrected chi connectivity index (χ2v) is 6.73. The maximum absolute atomic E-state index is 12.1. The van der Waals surface area contributed by atoms with E-state index in [1.807, 2.05) is 44.3 Å². The molecule has 0 fully saturated rings. The number of carbonyl (C=O) groups is 1. The molecule has 0 bridgehead atoms. The zero-order valence-corrected chi connectivity index (χ0v) is 14.3. The second-order valence-electron chi connectivity index (χ2n) is 5.46. The highest BCUT2D eigenvalue weighted by Crippen LogP contribution is 2.22. The van der Waals surface area contributed by atoms with Gasteiger partial charge in [-0.15, -0.1) is 11.3 Å². The lowest BCUT2D eigenvalue weighted by atomic mass is 10.2. The summed E-state index contributed by atoms with van der Waals surface area (Å²) in [5.41, 5.74) is 1.49. The van der Waals surface area contributed by atoms with E-state index in [0.29, 0.717) is 18.1 Å². The van der Waals surface area contributed by atoms with E-state index >= 15 is 0 Å². The van der Waals surface area contributed by atoms with Crippen molar-refractivity contribution in [1.29, 1.82) is 0 Å². The maximum atomic E-state index is 12.1. The molecule has 7 heteroatoms. The van der Waals surface area contributed by atoms with Gasteiger partial charge < -0.3 is 15.1 Å². The Kier molecular flexibility index (Phi) is 4.90. The molecule has 0 aliphatic heterocycles. The van der Waals surface area contributed by atoms with Crippen molar-refractivity contribution in [1.82, 2.24) is 15.3 Å². The highest BCUT2D eigenvalue weighted by molar-refractivity contribution is 7.11. The van der Waals surface area contributed by atoms with E-state index in [4.69, 9.17) is 4.42 Å². The van der Waals surface area contributed by atoms with Gasteiger partial charge in [0.1, 0.15) is 6.26 Å². The molecule has 3 rings (SSSR count). The largest absolute Gasteiger partial charge is 0.445 e. The molecule has 2 N–H and O–H groups in total. The Balaban J connectivity index is 1.56. The first-order valence-electron chi connectivity index (χ1n) is 7.59. The van der Waals surface area contributed by atoms with Gasteiger partial charge in [-0.1, -0.05) is 13.0 Å². The summed E-state index contributed by atoms with van der Waals surface area (Å²) < 4.78 is 5.26. The van der Waals surface area contributed by atoms with Crippen LogP contribution in [-0.4, -0.2) is 22.5 Å². The molecule has 0 saturated carbocycles. The first kappa shape index (κ1) is 16.2. The van der Waals surface area contributed by atoms with Gasteiger partial charge in [-0.05, 0) is 25.1 Å². The van der Waals surface area contributed by atoms with Crippen LogP contribution >= 0.6 is 11.3 Å². The zero-order chi connectivity index (χ0) is 16.9. The number of nitrogens with zero attached hydrogens (tertiary/aromatic N) is 2. The van der Waals surface area contributed by atoms with E-state index in [1.54, 1.807) is 17.5 Å². The van der Waals surface area contributed by atoms with Crippen LogP contribution in [0.1, 0.15) is 22.7 Å². The van der Waals surface area contributed by atoms with Crippen LogP contribution in [0.25, 0.3) is 11.5 Å². The number of anilines is 1. The number of carbonyl (C=O) groups excluding carboxylic acids is 1. The molecule has 24 heavy (non-hydrogen) atoms. The van der Waals surface area contributed by atoms with Gasteiger partial charge in [0.2, 0.25) is 5.89 Å². The number of urea groups is 1. The maximum Gasteiger partial charge on any atom is 0.319 e. The number of thiazole rings is 1. The highest BCUT2D eigenvalue weighted by Gasteiger charge is 2.11. The topological polar surface area (TPSA) is 80.0 Å². The Bertz CT molecular complexity index is 814. The third kappa shape index (κ3) is 3.99. The van der Waals surface area contributed by atoms with Crippen LogP contribution in [-0.2, 0) is 0 Å². The Morgan fingerprint density at radius 1 is 1.38 bits per heavy atom. The normalized spacial score (nSPS) is 11.9. The number of aromatic nitrogens is 2. The second kappa shape index (κ2) is 7.27. The van der Waals surface area contributed by atoms with Crippen LogP contribution in [0, 0.1) is 6.92 Å². The summed E-state index contributed by atoms with van der Waals surface area (Å²) in [7, 11) is 0. The van der Waals surface area contributed by atoms with Crippen molar-refractivity contribution in [2.75, 3.05) is 11.9 Å². The van der Waals surface area contributed by atoms with E-state index in [2.05, 4.69) is 20.6 Å². The molecule has 2 aromatic heterocycles. The minimum absolute atomic E-state index is 0.174. The van der Waals surface area contributed by atoms with Crippen LogP contribution in [0.5, 0.6) is 0 Å². The third-order valence-electron chi connectivity index (χ3n) is 3.43. The fourth-order valence-corrected chi connectivity index (χ4v) is 3.03. The molecule has 0 radical (unpaired) electrons. The van der Waals surface area contributed by atoms with E-state index < -0.39 is 0 Å². The molecule has 0 unspecified atom stereocenters. The number of oxazole rings is 1. The molecule has 3 aromatic rings. The molecule has 2 heterocycles. The van der Waals surface area contributed by atoms with Crippen LogP contribution in [0.3, 0.4) is 0 Å². The average molecular weight is 342 g/mol. The SMILES string of the molecule is Cc1cnc([C@@H](C)CNC(=O)Nc2cccc(-c3ncco3)c2)s1. The van der Waals surface area contributed by atoms with E-state index in [9.17, 15) is 4.79 Å². The van der Waals surface area contributed by atoms with Gasteiger partial charge in [-0.2, -0.15) is 0 Å². The number of rotatable bonds is 5. The Morgan fingerprint density at radius 2 is 2.25 bits per heavy atom. The standard InChI is InChI=1S/C17H18N4O2S/c1-11(16-19-10-12(2)24-16)9-20-17(22)21-14-5-3-4-13(8-14)15-18-6-7-23-15/h3-8,10-11H,9H2,1-2H3,(H2,20,21,22)/t11-/m0/s1. The van der Waals surface area contributed by atoms with Crippen molar-refractivity contribution in [2.24, 2.45) is 0 Å². The molecule has 2 amide bonds. The fraction of sp³-hybridized carbons (Fsp3) is 0.235. The first-order chi connectivity index (χ1) is 11.6. The molecule has 0 aliphatic rings. The predicted molar refractivity (Wildman–Crippen MR) is 94.2 cm³/mol. The molecule has 0 spiro atoms. The Labute approximate surface area is 144 Å². The molecule has 0 aliphatic carbocycles. The number of nitrogens with one attached hydrogen (secondary N) is 2. The van der Waals surface area contributed by atoms with Gasteiger partial charge >= 0.3 is 6.03 Å². The third-order valence-corrected chi connectivity index (χ3v) is 4.57. The molecular weight excluding hydrogens is 324 g/mol. The van der Waals surface area contributed by atoms with Crippen LogP contribution in [0.15, 0.2) is 47.3 Å². The van der Waals surface area contributed by atoms with Crippen molar-refractivity contribution in [3.8, 4) is 11.5 Å². The molecule has 124 valence electrons. The Hall–Kier alpha value is -2.67. The monoisotopic (exact) mass is 342 g/mol. The summed E-state index contributed by atoms with van der Waals surface area (Å²) in [5, 5.41) is 6.72. The van der Waals surface area contributed by atoms with Crippen molar-refractivity contribution in [3.63, 3.8) is 0 Å². The summed E-state index contributed by atoms with van der Waals surface area (Å²) >= 11 is 1.65. The van der Waals surface area contributed by atoms with Crippen molar-refractivity contribution in [2.45, 2.75) is 19.8 Å². The van der Waals surface area contributed by atoms with E-state index in [-0.39, 0.29) is 11.9 Å². The number of hydrogen-bond acceptors (Lipinski definition) is 5. The summed E-state index contributed by atoms with van der Waals surface area (Å²) in [4.78, 5) is 21.7. The number of hydrogen-bond donors (Lipinski definition) is 2. The van der Waals surface area contributed by atoms with Gasteiger partial charge in [-0.3, -0.25) is 0 Å². The molecule has 0 saturated heterocycles. The van der Waals surface area contributed by atoms with Crippen LogP contribution < -0.4 is 10.6 Å². The predicted octanol–water partition coefficient (Wildman–Crippen LogP) is 4.03. The number of aryl methyl sites for hydroxylation is 1. The van der Waals surface area contributed by atoms with Gasteiger partial charge in [0, 0.05) is 34.8 Å².